The van der Waals surface area contributed by atoms with Gasteiger partial charge >= 0.3 is 16.1 Å². The molecule has 4 rings (SSSR count). The fraction of sp³-hybridized carbons (Fsp3) is 0. The number of nitrogens with zero attached hydrogens (tertiary/aromatic N) is 1. The molecule has 184 valence electrons. The highest BCUT2D eigenvalue weighted by atomic mass is 79.9. The molecule has 1 saturated heterocycles. The smallest absolute Gasteiger partial charge is 0.339 e. The minimum absolute atomic E-state index is 0.0626. The molecule has 0 unspecified atom stereocenters. The summed E-state index contributed by atoms with van der Waals surface area (Å²) < 4.78 is 31.0. The number of benzene rings is 3. The van der Waals surface area contributed by atoms with Crippen molar-refractivity contribution in [2.24, 2.45) is 0 Å². The maximum Gasteiger partial charge on any atom is 0.339 e. The van der Waals surface area contributed by atoms with E-state index in [1.165, 1.54) is 66.7 Å². The number of carbonyl (C=O) groups excluding carboxylic acids is 3. The van der Waals surface area contributed by atoms with Gasteiger partial charge in [0, 0.05) is 5.02 Å². The molecule has 3 aromatic carbocycles. The lowest BCUT2D eigenvalue weighted by Crippen LogP contribution is -2.54. The number of barbiturate groups is 1. The van der Waals surface area contributed by atoms with Crippen molar-refractivity contribution in [1.29, 1.82) is 0 Å². The monoisotopic (exact) mass is 654 g/mol. The van der Waals surface area contributed by atoms with E-state index in [1.807, 2.05) is 0 Å². The van der Waals surface area contributed by atoms with Crippen LogP contribution in [0.5, 0.6) is 11.5 Å². The van der Waals surface area contributed by atoms with Gasteiger partial charge in [-0.25, -0.2) is 9.69 Å². The molecule has 0 aromatic heterocycles. The van der Waals surface area contributed by atoms with E-state index < -0.39 is 28.0 Å². The van der Waals surface area contributed by atoms with Crippen molar-refractivity contribution in [3.05, 3.63) is 85.8 Å². The predicted molar refractivity (Wildman–Crippen MR) is 138 cm³/mol. The van der Waals surface area contributed by atoms with Crippen molar-refractivity contribution in [1.82, 2.24) is 5.32 Å². The second-order valence-electron chi connectivity index (χ2n) is 7.28. The van der Waals surface area contributed by atoms with Crippen LogP contribution in [0.1, 0.15) is 5.56 Å². The third kappa shape index (κ3) is 5.31. The summed E-state index contributed by atoms with van der Waals surface area (Å²) in [6.45, 7) is 0. The summed E-state index contributed by atoms with van der Waals surface area (Å²) >= 11 is 12.3. The van der Waals surface area contributed by atoms with Crippen molar-refractivity contribution >= 4 is 83.2 Å². The van der Waals surface area contributed by atoms with Crippen LogP contribution in [-0.4, -0.2) is 31.4 Å². The first-order valence-electron chi connectivity index (χ1n) is 9.86. The quantitative estimate of drug-likeness (QED) is 0.225. The van der Waals surface area contributed by atoms with Crippen LogP contribution in [0.4, 0.5) is 10.5 Å². The number of phenols is 1. The topological polar surface area (TPSA) is 130 Å². The van der Waals surface area contributed by atoms with E-state index in [9.17, 15) is 27.9 Å². The summed E-state index contributed by atoms with van der Waals surface area (Å²) in [4.78, 5) is 38.4. The molecular weight excluding hydrogens is 644 g/mol. The number of anilines is 1. The van der Waals surface area contributed by atoms with E-state index in [2.05, 4.69) is 37.2 Å². The molecule has 9 nitrogen and oxygen atoms in total. The van der Waals surface area contributed by atoms with E-state index in [4.69, 9.17) is 15.8 Å². The first kappa shape index (κ1) is 25.9. The van der Waals surface area contributed by atoms with Gasteiger partial charge in [0.1, 0.15) is 16.2 Å². The number of hydrogen-bond donors (Lipinski definition) is 2. The van der Waals surface area contributed by atoms with Crippen LogP contribution in [0, 0.1) is 0 Å². The minimum Gasteiger partial charge on any atom is -0.508 e. The van der Waals surface area contributed by atoms with Crippen LogP contribution in [0.3, 0.4) is 0 Å². The summed E-state index contributed by atoms with van der Waals surface area (Å²) in [5.41, 5.74) is 0.125. The zero-order chi connectivity index (χ0) is 26.2. The van der Waals surface area contributed by atoms with E-state index in [0.29, 0.717) is 10.6 Å². The Morgan fingerprint density at radius 1 is 0.944 bits per heavy atom. The van der Waals surface area contributed by atoms with Crippen LogP contribution >= 0.6 is 43.5 Å². The molecule has 0 atom stereocenters. The van der Waals surface area contributed by atoms with Gasteiger partial charge in [0.05, 0.1) is 14.6 Å². The molecule has 36 heavy (non-hydrogen) atoms. The number of urea groups is 1. The Morgan fingerprint density at radius 2 is 1.53 bits per heavy atom. The third-order valence-corrected chi connectivity index (χ3v) is 7.50. The van der Waals surface area contributed by atoms with Crippen molar-refractivity contribution in [3.63, 3.8) is 0 Å². The zero-order valence-corrected chi connectivity index (χ0v) is 22.5. The molecular formula is C23H13Br2ClN2O7S. The van der Waals surface area contributed by atoms with Gasteiger partial charge in [0.15, 0.2) is 5.75 Å². The Hall–Kier alpha value is -3.19. The van der Waals surface area contributed by atoms with Crippen molar-refractivity contribution in [2.75, 3.05) is 4.90 Å². The molecule has 1 fully saturated rings. The van der Waals surface area contributed by atoms with Crippen LogP contribution in [0.15, 0.2) is 80.1 Å². The standard InChI is InChI=1S/C23H13Br2ClN2O7S/c24-18-10-12(11-19(25)20(18)35-36(33,34)16-7-1-13(26)2-8-16)9-17-21(30)27-23(32)28(22(17)31)14-3-5-15(29)6-4-14/h1-11,29H,(H,27,30,32)/b17-9+. The number of phenolic OH excluding ortho intramolecular Hbond substituents is 1. The molecule has 0 aliphatic carbocycles. The van der Waals surface area contributed by atoms with E-state index >= 15 is 0 Å². The Bertz CT molecular complexity index is 1520. The minimum atomic E-state index is -4.19. The predicted octanol–water partition coefficient (Wildman–Crippen LogP) is 5.00. The molecule has 2 N–H and O–H groups in total. The lowest BCUT2D eigenvalue weighted by molar-refractivity contribution is -0.122. The maximum atomic E-state index is 13.0. The number of nitrogens with one attached hydrogen (secondary N) is 1. The Balaban J connectivity index is 1.66. The third-order valence-electron chi connectivity index (χ3n) is 4.84. The molecule has 13 heteroatoms. The lowest BCUT2D eigenvalue weighted by Gasteiger charge is -2.26. The molecule has 3 aromatic rings. The lowest BCUT2D eigenvalue weighted by atomic mass is 10.1. The van der Waals surface area contributed by atoms with Crippen molar-refractivity contribution in [3.8, 4) is 11.5 Å². The number of amides is 4. The van der Waals surface area contributed by atoms with Crippen molar-refractivity contribution in [2.45, 2.75) is 4.90 Å². The van der Waals surface area contributed by atoms with Gasteiger partial charge in [-0.1, -0.05) is 11.6 Å². The Kier molecular flexibility index (Phi) is 7.23. The molecule has 0 radical (unpaired) electrons. The van der Waals surface area contributed by atoms with E-state index in [-0.39, 0.29) is 36.6 Å². The second-order valence-corrected chi connectivity index (χ2v) is 11.0. The summed E-state index contributed by atoms with van der Waals surface area (Å²) in [5, 5.41) is 11.9. The first-order valence-corrected chi connectivity index (χ1v) is 13.2. The van der Waals surface area contributed by atoms with Gasteiger partial charge in [-0.15, -0.1) is 0 Å². The molecule has 1 heterocycles. The van der Waals surface area contributed by atoms with Crippen molar-refractivity contribution < 1.29 is 32.1 Å². The fourth-order valence-corrected chi connectivity index (χ4v) is 5.85. The average Bonchev–Trinajstić information content (AvgIpc) is 2.80. The summed E-state index contributed by atoms with van der Waals surface area (Å²) in [7, 11) is -4.19. The highest BCUT2D eigenvalue weighted by Crippen LogP contribution is 2.37. The van der Waals surface area contributed by atoms with E-state index in [1.54, 1.807) is 0 Å². The fourth-order valence-electron chi connectivity index (χ4n) is 3.16. The molecule has 1 aliphatic heterocycles. The van der Waals surface area contributed by atoms with E-state index in [0.717, 1.165) is 4.90 Å². The first-order chi connectivity index (χ1) is 17.0. The average molecular weight is 657 g/mol. The number of carbonyl (C=O) groups is 3. The van der Waals surface area contributed by atoms with Gasteiger partial charge in [-0.2, -0.15) is 8.42 Å². The zero-order valence-electron chi connectivity index (χ0n) is 17.7. The number of hydrogen-bond acceptors (Lipinski definition) is 7. The second kappa shape index (κ2) is 10.1. The van der Waals surface area contributed by atoms with Crippen LogP contribution in [0.25, 0.3) is 6.08 Å². The summed E-state index contributed by atoms with van der Waals surface area (Å²) in [5.74, 6) is -1.91. The van der Waals surface area contributed by atoms with Crippen LogP contribution in [-0.2, 0) is 19.7 Å². The summed E-state index contributed by atoms with van der Waals surface area (Å²) in [6.07, 6.45) is 1.24. The highest BCUT2D eigenvalue weighted by Gasteiger charge is 2.37. The molecule has 0 spiro atoms. The molecule has 0 bridgehead atoms. The summed E-state index contributed by atoms with van der Waals surface area (Å²) in [6, 6.07) is 12.6. The normalized spacial score (nSPS) is 15.2. The van der Waals surface area contributed by atoms with Crippen LogP contribution in [0.2, 0.25) is 5.02 Å². The van der Waals surface area contributed by atoms with Crippen LogP contribution < -0.4 is 14.4 Å². The van der Waals surface area contributed by atoms with Gasteiger partial charge in [-0.05, 0) is 104 Å². The van der Waals surface area contributed by atoms with Gasteiger partial charge in [0.2, 0.25) is 0 Å². The number of imide groups is 2. The van der Waals surface area contributed by atoms with Gasteiger partial charge < -0.3 is 9.29 Å². The SMILES string of the molecule is O=C1NC(=O)N(c2ccc(O)cc2)C(=O)/C1=C/c1cc(Br)c(OS(=O)(=O)c2ccc(Cl)cc2)c(Br)c1. The number of aromatic hydroxyl groups is 1. The largest absolute Gasteiger partial charge is 0.508 e. The molecule has 1 aliphatic rings. The molecule has 4 amide bonds. The van der Waals surface area contributed by atoms with Gasteiger partial charge in [0.25, 0.3) is 11.8 Å². The number of halogens is 3. The Labute approximate surface area is 226 Å². The maximum absolute atomic E-state index is 13.0. The highest BCUT2D eigenvalue weighted by molar-refractivity contribution is 9.11. The van der Waals surface area contributed by atoms with Gasteiger partial charge in [-0.3, -0.25) is 14.9 Å². The molecule has 0 saturated carbocycles. The Morgan fingerprint density at radius 3 is 2.11 bits per heavy atom. The number of rotatable bonds is 5.